The maximum atomic E-state index is 14.5. The van der Waals surface area contributed by atoms with E-state index >= 15 is 0 Å². The summed E-state index contributed by atoms with van der Waals surface area (Å²) in [4.78, 5) is 44.0. The van der Waals surface area contributed by atoms with Crippen molar-refractivity contribution in [2.75, 3.05) is 85.0 Å². The van der Waals surface area contributed by atoms with Crippen LogP contribution in [-0.4, -0.2) is 182 Å². The summed E-state index contributed by atoms with van der Waals surface area (Å²) in [6, 6.07) is 29.8. The number of piperidine rings is 2. The summed E-state index contributed by atoms with van der Waals surface area (Å²) in [6.45, 7) is 21.4. The van der Waals surface area contributed by atoms with Crippen LogP contribution in [-0.2, 0) is 6.18 Å². The number of halogens is 8. The van der Waals surface area contributed by atoms with Gasteiger partial charge in [-0.2, -0.15) is 33.6 Å². The number of piperazine rings is 2. The van der Waals surface area contributed by atoms with Crippen LogP contribution in [0.25, 0.3) is 89.7 Å². The standard InChI is InChI=1S/2C20H25ClN6.C20H21F5N6.C18H21FN6/c2*1-12(2)10-13-11-27(9-7-16(13)22)17-6-5-15(21)19(24-17)18-14-4-3-8-23-20(14)26-25-18;1-11(2)19(21,22)14-10-31(9-8-26-14)15-6-5-13(20(23,24)25)17(28-15)16-12-4-3-7-27-18(12)30-29-16;1-18(2,19)14-11-25(10-9-20-14)15-7-3-6-13(22-15)16-12-5-4-8-21-17(12)24-23-16/h2*3-6,8,12-13,16H,7,9-11,22H2,1-2H3,(H,23,25,26);3-7,11,14,26H,8-10H2,1-2H3,(H,27,29,30);3-8,14,20H,9-11H2,1-2H3,(H,21,23,24)/t2*13-,16+;;/m10../s1. The van der Waals surface area contributed by atoms with E-state index in [1.54, 1.807) is 49.5 Å². The first-order valence-electron chi connectivity index (χ1n) is 37.3. The molecule has 4 aliphatic rings. The molecule has 4 saturated heterocycles. The van der Waals surface area contributed by atoms with Gasteiger partial charge in [-0.1, -0.05) is 70.8 Å². The minimum Gasteiger partial charge on any atom is -0.356 e. The Morgan fingerprint density at radius 1 is 0.445 bits per heavy atom. The molecule has 0 saturated carbocycles. The number of anilines is 4. The maximum Gasteiger partial charge on any atom is 0.418 e. The van der Waals surface area contributed by atoms with Gasteiger partial charge in [0.05, 0.1) is 56.2 Å². The summed E-state index contributed by atoms with van der Waals surface area (Å²) in [5.74, 6) is 1.29. The molecule has 0 bridgehead atoms. The number of H-pyrrole nitrogens is 4. The highest BCUT2D eigenvalue weighted by molar-refractivity contribution is 6.33. The molecule has 110 heavy (non-hydrogen) atoms. The van der Waals surface area contributed by atoms with Crippen LogP contribution in [0.4, 0.5) is 49.6 Å². The van der Waals surface area contributed by atoms with Crippen LogP contribution in [0.3, 0.4) is 0 Å². The lowest BCUT2D eigenvalue weighted by Crippen LogP contribution is -2.60. The molecule has 24 nitrogen and oxygen atoms in total. The minimum absolute atomic E-state index is 0.0751. The molecule has 12 aromatic rings. The SMILES string of the molecule is CC(C)(F)C1CN(c2cccc(-c3[nH]nc4ncccc34)n2)CCN1.CC(C)C(F)(F)C1CN(c2ccc(C(F)(F)F)c(-c3[nH]nc4ncccc34)n2)CCN1.CC(C)C[C@@H]1CN(c2ccc(Cl)c(-c3[nH]nc4ncccc34)n2)CC[C@@H]1N.CC(C)C[C@H]1CN(c2ccc(Cl)c(-c3[nH]nc4ncccc34)n2)CC[C@H]1N. The predicted molar refractivity (Wildman–Crippen MR) is 422 cm³/mol. The minimum atomic E-state index is -4.66. The van der Waals surface area contributed by atoms with E-state index in [0.29, 0.717) is 80.5 Å². The third-order valence-electron chi connectivity index (χ3n) is 20.7. The normalized spacial score (nSPS) is 19.5. The second-order valence-corrected chi connectivity index (χ2v) is 31.0. The third kappa shape index (κ3) is 17.7. The van der Waals surface area contributed by atoms with Gasteiger partial charge in [0.15, 0.2) is 22.6 Å². The number of nitrogens with zero attached hydrogens (tertiary/aromatic N) is 16. The Labute approximate surface area is 643 Å². The lowest BCUT2D eigenvalue weighted by Gasteiger charge is -2.39. The molecule has 32 heteroatoms. The lowest BCUT2D eigenvalue weighted by atomic mass is 9.86. The molecule has 0 radical (unpaired) electrons. The fourth-order valence-corrected chi connectivity index (χ4v) is 15.1. The number of nitrogens with two attached hydrogens (primary N) is 2. The molecular weight excluding hydrogens is 1460 g/mol. The van der Waals surface area contributed by atoms with Crippen LogP contribution >= 0.6 is 23.2 Å². The first kappa shape index (κ1) is 78.4. The summed E-state index contributed by atoms with van der Waals surface area (Å²) < 4.78 is 84.5. The number of alkyl halides is 6. The second-order valence-electron chi connectivity index (χ2n) is 30.2. The number of rotatable bonds is 15. The molecule has 2 unspecified atom stereocenters. The van der Waals surface area contributed by atoms with Crippen molar-refractivity contribution in [2.45, 2.75) is 123 Å². The van der Waals surface area contributed by atoms with Crippen LogP contribution in [0.2, 0.25) is 10.0 Å². The second kappa shape index (κ2) is 33.5. The van der Waals surface area contributed by atoms with Gasteiger partial charge in [-0.25, -0.2) is 53.0 Å². The third-order valence-corrected chi connectivity index (χ3v) is 21.3. The predicted octanol–water partition coefficient (Wildman–Crippen LogP) is 14.4. The Hall–Kier alpha value is -9.72. The largest absolute Gasteiger partial charge is 0.418 e. The van der Waals surface area contributed by atoms with Crippen molar-refractivity contribution in [2.24, 2.45) is 41.1 Å². The summed E-state index contributed by atoms with van der Waals surface area (Å²) in [7, 11) is 0. The number of hydrogen-bond donors (Lipinski definition) is 8. The molecule has 4 aliphatic heterocycles. The summed E-state index contributed by atoms with van der Waals surface area (Å²) in [6.07, 6.45) is 6.23. The molecule has 16 rings (SSSR count). The molecule has 4 fully saturated rings. The molecule has 10 N–H and O–H groups in total. The summed E-state index contributed by atoms with van der Waals surface area (Å²) in [5, 5.41) is 38.9. The number of aromatic amines is 4. The van der Waals surface area contributed by atoms with Crippen molar-refractivity contribution in [1.29, 1.82) is 0 Å². The van der Waals surface area contributed by atoms with Crippen LogP contribution in [0.5, 0.6) is 0 Å². The van der Waals surface area contributed by atoms with E-state index in [9.17, 15) is 26.3 Å². The number of hydrogen-bond acceptors (Lipinski definition) is 20. The Morgan fingerprint density at radius 2 is 0.827 bits per heavy atom. The van der Waals surface area contributed by atoms with Gasteiger partial charge in [-0.05, 0) is 160 Å². The van der Waals surface area contributed by atoms with E-state index in [1.165, 1.54) is 26.1 Å². The molecule has 0 aliphatic carbocycles. The van der Waals surface area contributed by atoms with Gasteiger partial charge in [0.2, 0.25) is 0 Å². The number of fused-ring (bicyclic) bond motifs is 4. The van der Waals surface area contributed by atoms with E-state index in [0.717, 1.165) is 127 Å². The van der Waals surface area contributed by atoms with Crippen LogP contribution in [0.1, 0.15) is 86.6 Å². The van der Waals surface area contributed by atoms with Gasteiger partial charge >= 0.3 is 6.18 Å². The first-order chi connectivity index (χ1) is 52.7. The molecule has 0 aromatic carbocycles. The van der Waals surface area contributed by atoms with Gasteiger partial charge in [0.25, 0.3) is 5.92 Å². The summed E-state index contributed by atoms with van der Waals surface area (Å²) >= 11 is 13.0. The molecule has 12 aromatic heterocycles. The molecule has 0 spiro atoms. The molecule has 0 amide bonds. The topological polar surface area (TPSA) is 307 Å². The zero-order chi connectivity index (χ0) is 77.8. The number of nitrogens with one attached hydrogen (secondary N) is 6. The van der Waals surface area contributed by atoms with Crippen molar-refractivity contribution >= 4 is 90.6 Å². The lowest BCUT2D eigenvalue weighted by molar-refractivity contribution is -0.137. The smallest absolute Gasteiger partial charge is 0.356 e. The average molecular weight is 1550 g/mol. The van der Waals surface area contributed by atoms with Gasteiger partial charge in [-0.15, -0.1) is 0 Å². The fraction of sp³-hybridized carbons (Fsp3) is 0.436. The maximum absolute atomic E-state index is 14.5. The quantitative estimate of drug-likeness (QED) is 0.0442. The molecule has 6 atom stereocenters. The van der Waals surface area contributed by atoms with Crippen LogP contribution < -0.4 is 41.7 Å². The van der Waals surface area contributed by atoms with E-state index in [-0.39, 0.29) is 54.1 Å². The van der Waals surface area contributed by atoms with Crippen LogP contribution in [0.15, 0.2) is 128 Å². The number of aromatic nitrogens is 16. The van der Waals surface area contributed by atoms with Crippen molar-refractivity contribution < 1.29 is 26.3 Å². The highest BCUT2D eigenvalue weighted by Gasteiger charge is 2.45. The fourth-order valence-electron chi connectivity index (χ4n) is 14.7. The van der Waals surface area contributed by atoms with E-state index in [1.807, 2.05) is 78.9 Å². The van der Waals surface area contributed by atoms with E-state index in [4.69, 9.17) is 49.6 Å². The van der Waals surface area contributed by atoms with Crippen molar-refractivity contribution in [3.63, 3.8) is 0 Å². The van der Waals surface area contributed by atoms with Gasteiger partial charge < -0.3 is 41.7 Å². The van der Waals surface area contributed by atoms with Crippen LogP contribution in [0, 0.1) is 29.6 Å². The monoisotopic (exact) mass is 1550 g/mol. The Bertz CT molecular complexity index is 4940. The number of pyridine rings is 8. The summed E-state index contributed by atoms with van der Waals surface area (Å²) in [5.41, 5.74) is 17.2. The average Bonchev–Trinajstić information content (AvgIpc) is 1.51. The molecule has 580 valence electrons. The van der Waals surface area contributed by atoms with Gasteiger partial charge in [-0.3, -0.25) is 20.4 Å². The zero-order valence-electron chi connectivity index (χ0n) is 62.6. The Kier molecular flexibility index (Phi) is 23.9. The Balaban J connectivity index is 0.000000129. The van der Waals surface area contributed by atoms with Crippen molar-refractivity contribution in [1.82, 2.24) is 91.3 Å². The van der Waals surface area contributed by atoms with Crippen molar-refractivity contribution in [3.8, 4) is 45.6 Å². The zero-order valence-corrected chi connectivity index (χ0v) is 64.1. The van der Waals surface area contributed by atoms with E-state index < -0.39 is 35.3 Å². The Morgan fingerprint density at radius 3 is 1.25 bits per heavy atom. The van der Waals surface area contributed by atoms with Gasteiger partial charge in [0.1, 0.15) is 46.0 Å². The van der Waals surface area contributed by atoms with Crippen molar-refractivity contribution in [3.05, 3.63) is 144 Å². The first-order valence-corrected chi connectivity index (χ1v) is 38.0. The highest BCUT2D eigenvalue weighted by atomic mass is 35.5. The van der Waals surface area contributed by atoms with E-state index in [2.05, 4.69) is 119 Å². The van der Waals surface area contributed by atoms with Gasteiger partial charge in [0, 0.05) is 130 Å². The highest BCUT2D eigenvalue weighted by Crippen LogP contribution is 2.41. The molecule has 16 heterocycles. The molecular formula is C78H92Cl2F6N24.